The normalized spacial score (nSPS) is 14.3. The zero-order valence-corrected chi connectivity index (χ0v) is 14.8. The first-order valence-corrected chi connectivity index (χ1v) is 8.60. The number of benzene rings is 1. The highest BCUT2D eigenvalue weighted by Gasteiger charge is 2.37. The van der Waals surface area contributed by atoms with E-state index in [0.29, 0.717) is 35.2 Å². The number of halogens is 1. The summed E-state index contributed by atoms with van der Waals surface area (Å²) in [5.41, 5.74) is 1.97. The average molecular weight is 370 g/mol. The number of nitrogens with zero attached hydrogens (tertiary/aromatic N) is 2. The van der Waals surface area contributed by atoms with Gasteiger partial charge < -0.3 is 14.6 Å². The van der Waals surface area contributed by atoms with Crippen molar-refractivity contribution in [3.05, 3.63) is 58.9 Å². The summed E-state index contributed by atoms with van der Waals surface area (Å²) in [5.74, 6) is -0.691. The second-order valence-electron chi connectivity index (χ2n) is 6.24. The van der Waals surface area contributed by atoms with Crippen molar-refractivity contribution in [3.8, 4) is 5.88 Å². The number of aryl methyl sites for hydroxylation is 1. The Morgan fingerprint density at radius 1 is 1.23 bits per heavy atom. The molecule has 132 valence electrons. The van der Waals surface area contributed by atoms with E-state index >= 15 is 0 Å². The van der Waals surface area contributed by atoms with Crippen LogP contribution in [0.3, 0.4) is 0 Å². The number of carbonyl (C=O) groups excluding carboxylic acids is 2. The number of para-hydroxylation sites is 1. The van der Waals surface area contributed by atoms with Crippen molar-refractivity contribution in [1.82, 2.24) is 14.9 Å². The van der Waals surface area contributed by atoms with Crippen LogP contribution < -0.4 is 4.74 Å². The Hall–Kier alpha value is -2.86. The van der Waals surface area contributed by atoms with Gasteiger partial charge in [-0.2, -0.15) is 0 Å². The van der Waals surface area contributed by atoms with Crippen molar-refractivity contribution in [2.45, 2.75) is 13.0 Å². The Kier molecular flexibility index (Phi) is 4.12. The molecule has 4 rings (SSSR count). The number of amides is 1. The van der Waals surface area contributed by atoms with Crippen LogP contribution in [0.2, 0.25) is 5.02 Å². The van der Waals surface area contributed by atoms with Gasteiger partial charge in [-0.25, -0.2) is 4.98 Å². The minimum absolute atomic E-state index is 0.219. The Morgan fingerprint density at radius 2 is 2.00 bits per heavy atom. The van der Waals surface area contributed by atoms with Crippen molar-refractivity contribution < 1.29 is 14.3 Å². The minimum atomic E-state index is -0.523. The fraction of sp³-hybridized carbons (Fsp3) is 0.211. The number of fused-ring (bicyclic) bond motifs is 1. The number of H-pyrrole nitrogens is 1. The standard InChI is InChI=1S/C19H16ClN3O3/c1-11-16(13-5-2-3-7-15(13)22-11)17(24)19(25)23-9-12(10-23)26-18-14(20)6-4-8-21-18/h2-8,12,22H,9-10H2,1H3. The molecule has 0 aliphatic carbocycles. The molecule has 7 heteroatoms. The molecular weight excluding hydrogens is 354 g/mol. The first-order chi connectivity index (χ1) is 12.5. The number of nitrogens with one attached hydrogen (secondary N) is 1. The zero-order valence-electron chi connectivity index (χ0n) is 14.0. The summed E-state index contributed by atoms with van der Waals surface area (Å²) in [6.07, 6.45) is 1.37. The van der Waals surface area contributed by atoms with E-state index in [1.807, 2.05) is 24.3 Å². The van der Waals surface area contributed by atoms with Crippen LogP contribution in [0.4, 0.5) is 0 Å². The lowest BCUT2D eigenvalue weighted by Crippen LogP contribution is -2.58. The average Bonchev–Trinajstić information content (AvgIpc) is 2.93. The smallest absolute Gasteiger partial charge is 0.295 e. The molecule has 0 atom stereocenters. The molecule has 1 N–H and O–H groups in total. The highest BCUT2D eigenvalue weighted by molar-refractivity contribution is 6.45. The Labute approximate surface area is 154 Å². The Bertz CT molecular complexity index is 1010. The maximum Gasteiger partial charge on any atom is 0.295 e. The van der Waals surface area contributed by atoms with Crippen molar-refractivity contribution in [2.24, 2.45) is 0 Å². The van der Waals surface area contributed by atoms with E-state index in [4.69, 9.17) is 16.3 Å². The highest BCUT2D eigenvalue weighted by atomic mass is 35.5. The maximum atomic E-state index is 12.7. The second-order valence-corrected chi connectivity index (χ2v) is 6.65. The van der Waals surface area contributed by atoms with Gasteiger partial charge in [0, 0.05) is 22.8 Å². The quantitative estimate of drug-likeness (QED) is 0.566. The molecule has 1 aromatic carbocycles. The van der Waals surface area contributed by atoms with E-state index in [0.717, 1.165) is 10.9 Å². The molecule has 1 saturated heterocycles. The lowest BCUT2D eigenvalue weighted by Gasteiger charge is -2.38. The van der Waals surface area contributed by atoms with E-state index in [-0.39, 0.29) is 6.10 Å². The van der Waals surface area contributed by atoms with Crippen molar-refractivity contribution in [3.63, 3.8) is 0 Å². The van der Waals surface area contributed by atoms with E-state index in [2.05, 4.69) is 9.97 Å². The number of aromatic nitrogens is 2. The summed E-state index contributed by atoms with van der Waals surface area (Å²) in [5, 5.41) is 1.18. The van der Waals surface area contributed by atoms with Crippen molar-refractivity contribution >= 4 is 34.2 Å². The van der Waals surface area contributed by atoms with Gasteiger partial charge in [0.2, 0.25) is 5.88 Å². The molecular formula is C19H16ClN3O3. The van der Waals surface area contributed by atoms with E-state index < -0.39 is 11.7 Å². The predicted molar refractivity (Wildman–Crippen MR) is 97.6 cm³/mol. The first-order valence-electron chi connectivity index (χ1n) is 8.22. The number of ketones is 1. The molecule has 0 spiro atoms. The van der Waals surface area contributed by atoms with Gasteiger partial charge in [-0.3, -0.25) is 9.59 Å². The van der Waals surface area contributed by atoms with Gasteiger partial charge in [0.05, 0.1) is 18.7 Å². The number of rotatable bonds is 4. The van der Waals surface area contributed by atoms with Gasteiger partial charge in [-0.15, -0.1) is 0 Å². The van der Waals surface area contributed by atoms with Crippen LogP contribution in [0.15, 0.2) is 42.6 Å². The second kappa shape index (κ2) is 6.46. The molecule has 0 bridgehead atoms. The molecule has 1 amide bonds. The summed E-state index contributed by atoms with van der Waals surface area (Å²) in [6.45, 7) is 2.46. The summed E-state index contributed by atoms with van der Waals surface area (Å²) in [6, 6.07) is 10.9. The van der Waals surface area contributed by atoms with Gasteiger partial charge >= 0.3 is 0 Å². The predicted octanol–water partition coefficient (Wildman–Crippen LogP) is 3.00. The minimum Gasteiger partial charge on any atom is -0.470 e. The van der Waals surface area contributed by atoms with Crippen LogP contribution in [-0.4, -0.2) is 45.8 Å². The summed E-state index contributed by atoms with van der Waals surface area (Å²) in [4.78, 5) is 33.9. The van der Waals surface area contributed by atoms with Crippen molar-refractivity contribution in [1.29, 1.82) is 0 Å². The molecule has 2 aromatic heterocycles. The largest absolute Gasteiger partial charge is 0.470 e. The van der Waals surface area contributed by atoms with Crippen LogP contribution in [-0.2, 0) is 4.79 Å². The van der Waals surface area contributed by atoms with Crippen LogP contribution in [0.5, 0.6) is 5.88 Å². The molecule has 1 fully saturated rings. The van der Waals surface area contributed by atoms with E-state index in [1.54, 1.807) is 25.3 Å². The highest BCUT2D eigenvalue weighted by Crippen LogP contribution is 2.26. The number of hydrogen-bond donors (Lipinski definition) is 1. The molecule has 3 heterocycles. The molecule has 0 unspecified atom stereocenters. The molecule has 1 aliphatic rings. The lowest BCUT2D eigenvalue weighted by molar-refractivity contribution is -0.134. The molecule has 3 aromatic rings. The molecule has 6 nitrogen and oxygen atoms in total. The zero-order chi connectivity index (χ0) is 18.3. The van der Waals surface area contributed by atoms with Gasteiger partial charge in [-0.1, -0.05) is 29.8 Å². The molecule has 0 saturated carbocycles. The molecule has 0 radical (unpaired) electrons. The fourth-order valence-electron chi connectivity index (χ4n) is 3.11. The van der Waals surface area contributed by atoms with Crippen LogP contribution in [0, 0.1) is 6.92 Å². The number of Topliss-reactive ketones (excluding diaryl/α,β-unsaturated/α-hetero) is 1. The van der Waals surface area contributed by atoms with Crippen LogP contribution in [0.25, 0.3) is 10.9 Å². The number of hydrogen-bond acceptors (Lipinski definition) is 4. The van der Waals surface area contributed by atoms with Crippen LogP contribution in [0.1, 0.15) is 16.1 Å². The van der Waals surface area contributed by atoms with E-state index in [1.165, 1.54) is 4.90 Å². The maximum absolute atomic E-state index is 12.7. The number of likely N-dealkylation sites (tertiary alicyclic amines) is 1. The third-order valence-corrected chi connectivity index (χ3v) is 4.74. The number of ether oxygens (including phenoxy) is 1. The van der Waals surface area contributed by atoms with Gasteiger partial charge in [0.1, 0.15) is 11.1 Å². The molecule has 26 heavy (non-hydrogen) atoms. The van der Waals surface area contributed by atoms with Crippen molar-refractivity contribution in [2.75, 3.05) is 13.1 Å². The topological polar surface area (TPSA) is 75.3 Å². The fourth-order valence-corrected chi connectivity index (χ4v) is 3.28. The summed E-state index contributed by atoms with van der Waals surface area (Å²) >= 11 is 6.01. The number of pyridine rings is 1. The number of aromatic amines is 1. The summed E-state index contributed by atoms with van der Waals surface area (Å²) < 4.78 is 5.67. The monoisotopic (exact) mass is 369 g/mol. The van der Waals surface area contributed by atoms with E-state index in [9.17, 15) is 9.59 Å². The Morgan fingerprint density at radius 3 is 2.77 bits per heavy atom. The third kappa shape index (κ3) is 2.82. The first kappa shape index (κ1) is 16.6. The lowest BCUT2D eigenvalue weighted by atomic mass is 10.0. The van der Waals surface area contributed by atoms with Gasteiger partial charge in [0.15, 0.2) is 0 Å². The molecule has 1 aliphatic heterocycles. The third-order valence-electron chi connectivity index (χ3n) is 4.45. The van der Waals surface area contributed by atoms with Crippen LogP contribution >= 0.6 is 11.6 Å². The SMILES string of the molecule is Cc1[nH]c2ccccc2c1C(=O)C(=O)N1CC(Oc2ncccc2Cl)C1. The summed E-state index contributed by atoms with van der Waals surface area (Å²) in [7, 11) is 0. The van der Waals surface area contributed by atoms with Gasteiger partial charge in [-0.05, 0) is 25.1 Å². The Balaban J connectivity index is 1.45. The van der Waals surface area contributed by atoms with Gasteiger partial charge in [0.25, 0.3) is 11.7 Å². The number of carbonyl (C=O) groups is 2.